The van der Waals surface area contributed by atoms with Crippen LogP contribution in [0.2, 0.25) is 0 Å². The Balaban J connectivity index is 2.04. The zero-order valence-corrected chi connectivity index (χ0v) is 11.0. The summed E-state index contributed by atoms with van der Waals surface area (Å²) in [6, 6.07) is 9.63. The summed E-state index contributed by atoms with van der Waals surface area (Å²) in [5.41, 5.74) is 0.994. The summed E-state index contributed by atoms with van der Waals surface area (Å²) in [6.45, 7) is 5.75. The van der Waals surface area contributed by atoms with Crippen molar-refractivity contribution < 1.29 is 14.3 Å². The van der Waals surface area contributed by atoms with Gasteiger partial charge in [-0.3, -0.25) is 4.79 Å². The zero-order valence-electron chi connectivity index (χ0n) is 11.0. The van der Waals surface area contributed by atoms with Crippen LogP contribution in [0, 0.1) is 0 Å². The molecule has 0 amide bonds. The topological polar surface area (TPSA) is 47.6 Å². The van der Waals surface area contributed by atoms with Gasteiger partial charge in [-0.1, -0.05) is 30.3 Å². The lowest BCUT2D eigenvalue weighted by atomic mass is 10.2. The zero-order chi connectivity index (χ0) is 13.2. The fraction of sp³-hybridized carbons (Fsp3) is 0.500. The van der Waals surface area contributed by atoms with Gasteiger partial charge >= 0.3 is 5.97 Å². The van der Waals surface area contributed by atoms with Crippen LogP contribution in [0.5, 0.6) is 0 Å². The van der Waals surface area contributed by atoms with E-state index in [1.54, 1.807) is 0 Å². The molecule has 4 nitrogen and oxygen atoms in total. The van der Waals surface area contributed by atoms with E-state index in [0.717, 1.165) is 5.56 Å². The average molecular weight is 251 g/mol. The summed E-state index contributed by atoms with van der Waals surface area (Å²) in [5.74, 6) is -0.247. The van der Waals surface area contributed by atoms with Gasteiger partial charge in [0, 0.05) is 6.54 Å². The Labute approximate surface area is 108 Å². The quantitative estimate of drug-likeness (QED) is 0.565. The van der Waals surface area contributed by atoms with Crippen LogP contribution in [0.1, 0.15) is 19.4 Å². The maximum atomic E-state index is 11.4. The smallest absolute Gasteiger partial charge is 0.320 e. The maximum Gasteiger partial charge on any atom is 0.320 e. The molecule has 1 aromatic rings. The number of esters is 1. The van der Waals surface area contributed by atoms with Crippen LogP contribution in [0.4, 0.5) is 0 Å². The van der Waals surface area contributed by atoms with E-state index in [1.165, 1.54) is 0 Å². The van der Waals surface area contributed by atoms with Crippen molar-refractivity contribution in [3.63, 3.8) is 0 Å². The Morgan fingerprint density at radius 3 is 2.67 bits per heavy atom. The summed E-state index contributed by atoms with van der Waals surface area (Å²) in [7, 11) is 0. The first-order valence-electron chi connectivity index (χ1n) is 6.20. The molecule has 4 heteroatoms. The SMILES string of the molecule is CC(C)OCCNCC(=O)OCc1ccccc1. The summed E-state index contributed by atoms with van der Waals surface area (Å²) < 4.78 is 10.5. The van der Waals surface area contributed by atoms with Gasteiger partial charge in [0.2, 0.25) is 0 Å². The van der Waals surface area contributed by atoms with Crippen molar-refractivity contribution in [2.45, 2.75) is 26.6 Å². The van der Waals surface area contributed by atoms with Gasteiger partial charge < -0.3 is 14.8 Å². The summed E-state index contributed by atoms with van der Waals surface area (Å²) in [6.07, 6.45) is 0.219. The van der Waals surface area contributed by atoms with Gasteiger partial charge in [-0.05, 0) is 19.4 Å². The van der Waals surface area contributed by atoms with E-state index in [-0.39, 0.29) is 18.6 Å². The summed E-state index contributed by atoms with van der Waals surface area (Å²) >= 11 is 0. The first-order chi connectivity index (χ1) is 8.68. The molecule has 0 spiro atoms. The van der Waals surface area contributed by atoms with Crippen molar-refractivity contribution in [2.24, 2.45) is 0 Å². The third kappa shape index (κ3) is 7.04. The second-order valence-electron chi connectivity index (χ2n) is 4.24. The van der Waals surface area contributed by atoms with Gasteiger partial charge in [0.05, 0.1) is 19.3 Å². The van der Waals surface area contributed by atoms with E-state index >= 15 is 0 Å². The standard InChI is InChI=1S/C14H21NO3/c1-12(2)17-9-8-15-10-14(16)18-11-13-6-4-3-5-7-13/h3-7,12,15H,8-11H2,1-2H3. The highest BCUT2D eigenvalue weighted by Crippen LogP contribution is 2.00. The van der Waals surface area contributed by atoms with Crippen molar-refractivity contribution in [3.8, 4) is 0 Å². The largest absolute Gasteiger partial charge is 0.460 e. The van der Waals surface area contributed by atoms with Gasteiger partial charge in [0.25, 0.3) is 0 Å². The number of benzene rings is 1. The minimum Gasteiger partial charge on any atom is -0.460 e. The van der Waals surface area contributed by atoms with E-state index in [2.05, 4.69) is 5.32 Å². The molecule has 0 atom stereocenters. The van der Waals surface area contributed by atoms with E-state index in [9.17, 15) is 4.79 Å². The van der Waals surface area contributed by atoms with Crippen molar-refractivity contribution >= 4 is 5.97 Å². The molecular formula is C14H21NO3. The molecule has 0 fully saturated rings. The summed E-state index contributed by atoms with van der Waals surface area (Å²) in [4.78, 5) is 11.4. The van der Waals surface area contributed by atoms with Crippen molar-refractivity contribution in [2.75, 3.05) is 19.7 Å². The van der Waals surface area contributed by atoms with Crippen molar-refractivity contribution in [3.05, 3.63) is 35.9 Å². The molecule has 0 saturated heterocycles. The Hall–Kier alpha value is -1.39. The molecule has 1 aromatic carbocycles. The predicted molar refractivity (Wildman–Crippen MR) is 70.2 cm³/mol. The molecule has 0 bridgehead atoms. The number of carbonyl (C=O) groups is 1. The van der Waals surface area contributed by atoms with Crippen molar-refractivity contribution in [1.29, 1.82) is 0 Å². The van der Waals surface area contributed by atoms with E-state index in [0.29, 0.717) is 19.8 Å². The lowest BCUT2D eigenvalue weighted by Crippen LogP contribution is -2.28. The third-order valence-electron chi connectivity index (χ3n) is 2.24. The van der Waals surface area contributed by atoms with Gasteiger partial charge in [0.1, 0.15) is 6.61 Å². The molecule has 0 unspecified atom stereocenters. The fourth-order valence-electron chi connectivity index (χ4n) is 1.35. The molecule has 0 heterocycles. The molecule has 0 saturated carbocycles. The normalized spacial score (nSPS) is 10.6. The lowest BCUT2D eigenvalue weighted by Gasteiger charge is -2.08. The van der Waals surface area contributed by atoms with Crippen LogP contribution in [0.3, 0.4) is 0 Å². The van der Waals surface area contributed by atoms with Gasteiger partial charge in [-0.15, -0.1) is 0 Å². The Kier molecular flexibility index (Phi) is 7.06. The summed E-state index contributed by atoms with van der Waals surface area (Å²) in [5, 5.41) is 2.98. The van der Waals surface area contributed by atoms with Crippen LogP contribution < -0.4 is 5.32 Å². The second-order valence-corrected chi connectivity index (χ2v) is 4.24. The monoisotopic (exact) mass is 251 g/mol. The minimum absolute atomic E-state index is 0.217. The molecule has 0 aliphatic carbocycles. The van der Waals surface area contributed by atoms with Gasteiger partial charge in [-0.2, -0.15) is 0 Å². The number of rotatable bonds is 8. The highest BCUT2D eigenvalue weighted by atomic mass is 16.5. The Morgan fingerprint density at radius 2 is 2.00 bits per heavy atom. The van der Waals surface area contributed by atoms with Gasteiger partial charge in [-0.25, -0.2) is 0 Å². The van der Waals surface area contributed by atoms with Crippen LogP contribution in [-0.4, -0.2) is 31.8 Å². The van der Waals surface area contributed by atoms with Crippen molar-refractivity contribution in [1.82, 2.24) is 5.32 Å². The predicted octanol–water partition coefficient (Wildman–Crippen LogP) is 1.74. The van der Waals surface area contributed by atoms with Crippen LogP contribution in [0.25, 0.3) is 0 Å². The number of carbonyl (C=O) groups excluding carboxylic acids is 1. The van der Waals surface area contributed by atoms with E-state index < -0.39 is 0 Å². The second kappa shape index (κ2) is 8.66. The highest BCUT2D eigenvalue weighted by molar-refractivity contribution is 5.71. The molecule has 100 valence electrons. The number of hydrogen-bond donors (Lipinski definition) is 1. The molecule has 18 heavy (non-hydrogen) atoms. The maximum absolute atomic E-state index is 11.4. The molecule has 0 aromatic heterocycles. The Morgan fingerprint density at radius 1 is 1.28 bits per heavy atom. The van der Waals surface area contributed by atoms with Gasteiger partial charge in [0.15, 0.2) is 0 Å². The third-order valence-corrected chi connectivity index (χ3v) is 2.24. The number of ether oxygens (including phenoxy) is 2. The van der Waals surface area contributed by atoms with Crippen LogP contribution in [-0.2, 0) is 20.9 Å². The van der Waals surface area contributed by atoms with E-state index in [1.807, 2.05) is 44.2 Å². The molecule has 0 aliphatic heterocycles. The molecule has 0 radical (unpaired) electrons. The lowest BCUT2D eigenvalue weighted by molar-refractivity contribution is -0.143. The van der Waals surface area contributed by atoms with E-state index in [4.69, 9.17) is 9.47 Å². The molecular weight excluding hydrogens is 230 g/mol. The average Bonchev–Trinajstić information content (AvgIpc) is 2.37. The number of nitrogens with one attached hydrogen (secondary N) is 1. The first-order valence-corrected chi connectivity index (χ1v) is 6.20. The molecule has 1 rings (SSSR count). The number of hydrogen-bond acceptors (Lipinski definition) is 4. The highest BCUT2D eigenvalue weighted by Gasteiger charge is 2.02. The molecule has 1 N–H and O–H groups in total. The van der Waals surface area contributed by atoms with Crippen LogP contribution >= 0.6 is 0 Å². The molecule has 0 aliphatic rings. The first kappa shape index (κ1) is 14.7. The fourth-order valence-corrected chi connectivity index (χ4v) is 1.35. The minimum atomic E-state index is -0.247. The van der Waals surface area contributed by atoms with Crippen LogP contribution in [0.15, 0.2) is 30.3 Å². The Bertz CT molecular complexity index is 338.